The van der Waals surface area contributed by atoms with Crippen molar-refractivity contribution in [2.45, 2.75) is 12.8 Å². The molecule has 64 valence electrons. The Kier molecular flexibility index (Phi) is 3.89. The van der Waals surface area contributed by atoms with Crippen molar-refractivity contribution in [3.63, 3.8) is 0 Å². The van der Waals surface area contributed by atoms with E-state index < -0.39 is 6.09 Å². The molecule has 1 aliphatic rings. The van der Waals surface area contributed by atoms with Gasteiger partial charge in [0.2, 0.25) is 0 Å². The number of ketones is 1. The number of carbonyl (C=O) groups excluding carboxylic acids is 1. The van der Waals surface area contributed by atoms with Gasteiger partial charge < -0.3 is 10.0 Å². The Hall–Kier alpha value is -0.770. The van der Waals surface area contributed by atoms with Crippen LogP contribution in [0.5, 0.6) is 0 Å². The van der Waals surface area contributed by atoms with E-state index in [4.69, 9.17) is 5.11 Å². The number of piperidine rings is 1. The van der Waals surface area contributed by atoms with E-state index >= 15 is 0 Å². The third kappa shape index (κ3) is 2.76. The number of amides is 1. The molecule has 0 unspecified atom stereocenters. The molecule has 0 aromatic carbocycles. The van der Waals surface area contributed by atoms with Crippen molar-refractivity contribution in [1.82, 2.24) is 4.90 Å². The van der Waals surface area contributed by atoms with Gasteiger partial charge in [0, 0.05) is 25.9 Å². The van der Waals surface area contributed by atoms with Crippen molar-refractivity contribution in [1.29, 1.82) is 0 Å². The highest BCUT2D eigenvalue weighted by Gasteiger charge is 2.19. The summed E-state index contributed by atoms with van der Waals surface area (Å²) >= 11 is 0. The third-order valence-electron chi connectivity index (χ3n) is 1.59. The minimum absolute atomic E-state index is 0. The van der Waals surface area contributed by atoms with Gasteiger partial charge in [-0.2, -0.15) is 0 Å². The first kappa shape index (κ1) is 10.2. The Bertz CT molecular complexity index is 161. The van der Waals surface area contributed by atoms with Crippen molar-refractivity contribution in [3.8, 4) is 0 Å². The molecule has 0 saturated carbocycles. The number of nitrogens with zero attached hydrogens (tertiary/aromatic N) is 1. The van der Waals surface area contributed by atoms with Crippen molar-refractivity contribution < 1.29 is 14.7 Å². The molecular formula is C6H10ClNO3. The fourth-order valence-corrected chi connectivity index (χ4v) is 0.947. The number of likely N-dealkylation sites (tertiary alicyclic amines) is 1. The van der Waals surface area contributed by atoms with Crippen LogP contribution in [-0.4, -0.2) is 35.0 Å². The van der Waals surface area contributed by atoms with Crippen LogP contribution < -0.4 is 0 Å². The summed E-state index contributed by atoms with van der Waals surface area (Å²) < 4.78 is 0. The summed E-state index contributed by atoms with van der Waals surface area (Å²) in [5, 5.41) is 8.44. The number of carboxylic acid groups (broad SMARTS) is 1. The van der Waals surface area contributed by atoms with Crippen LogP contribution in [0.3, 0.4) is 0 Å². The summed E-state index contributed by atoms with van der Waals surface area (Å²) in [6.07, 6.45) is -0.161. The highest BCUT2D eigenvalue weighted by molar-refractivity contribution is 5.85. The summed E-state index contributed by atoms with van der Waals surface area (Å²) in [6, 6.07) is 0. The van der Waals surface area contributed by atoms with Gasteiger partial charge in [0.25, 0.3) is 0 Å². The smallest absolute Gasteiger partial charge is 0.407 e. The van der Waals surface area contributed by atoms with E-state index in [0.29, 0.717) is 25.9 Å². The Morgan fingerprint density at radius 1 is 1.36 bits per heavy atom. The predicted octanol–water partition coefficient (Wildman–Crippen LogP) is 0.751. The molecule has 11 heavy (non-hydrogen) atoms. The SMILES string of the molecule is Cl.O=C1CCN(C(=O)O)CC1. The van der Waals surface area contributed by atoms with E-state index in [2.05, 4.69) is 0 Å². The summed E-state index contributed by atoms with van der Waals surface area (Å²) in [6.45, 7) is 0.738. The molecule has 4 nitrogen and oxygen atoms in total. The van der Waals surface area contributed by atoms with Crippen LogP contribution in [0.15, 0.2) is 0 Å². The van der Waals surface area contributed by atoms with Crippen molar-refractivity contribution >= 4 is 24.3 Å². The quantitative estimate of drug-likeness (QED) is 0.597. The Labute approximate surface area is 70.6 Å². The molecule has 5 heteroatoms. The van der Waals surface area contributed by atoms with Gasteiger partial charge in [0.15, 0.2) is 0 Å². The van der Waals surface area contributed by atoms with Crippen LogP contribution in [0.4, 0.5) is 4.79 Å². The van der Waals surface area contributed by atoms with E-state index in [-0.39, 0.29) is 18.2 Å². The van der Waals surface area contributed by atoms with Gasteiger partial charge in [-0.05, 0) is 0 Å². The number of hydrogen-bond donors (Lipinski definition) is 1. The van der Waals surface area contributed by atoms with E-state index in [1.54, 1.807) is 0 Å². The second-order valence-electron chi connectivity index (χ2n) is 2.31. The standard InChI is InChI=1S/C6H9NO3.ClH/c8-5-1-3-7(4-2-5)6(9)10;/h1-4H2,(H,9,10);1H. The van der Waals surface area contributed by atoms with Crippen LogP contribution in [-0.2, 0) is 4.79 Å². The van der Waals surface area contributed by atoms with Crippen LogP contribution in [0.1, 0.15) is 12.8 Å². The second-order valence-corrected chi connectivity index (χ2v) is 2.31. The van der Waals surface area contributed by atoms with Crippen LogP contribution in [0.2, 0.25) is 0 Å². The molecule has 0 spiro atoms. The van der Waals surface area contributed by atoms with E-state index in [1.165, 1.54) is 4.90 Å². The van der Waals surface area contributed by atoms with Crippen molar-refractivity contribution in [2.24, 2.45) is 0 Å². The van der Waals surface area contributed by atoms with Crippen LogP contribution >= 0.6 is 12.4 Å². The van der Waals surface area contributed by atoms with Crippen LogP contribution in [0.25, 0.3) is 0 Å². The first-order chi connectivity index (χ1) is 4.70. The number of rotatable bonds is 0. The molecule has 0 aromatic rings. The molecule has 1 rings (SSSR count). The average Bonchev–Trinajstić information content (AvgIpc) is 1.88. The fraction of sp³-hybridized carbons (Fsp3) is 0.667. The first-order valence-corrected chi connectivity index (χ1v) is 3.20. The van der Waals surface area contributed by atoms with Gasteiger partial charge in [0.1, 0.15) is 5.78 Å². The molecule has 0 radical (unpaired) electrons. The Balaban J connectivity index is 0.000001000. The number of carbonyl (C=O) groups is 2. The lowest BCUT2D eigenvalue weighted by Crippen LogP contribution is -2.37. The predicted molar refractivity (Wildman–Crippen MR) is 41.1 cm³/mol. The van der Waals surface area contributed by atoms with Gasteiger partial charge in [-0.1, -0.05) is 0 Å². The maximum Gasteiger partial charge on any atom is 0.407 e. The van der Waals surface area contributed by atoms with Crippen molar-refractivity contribution in [2.75, 3.05) is 13.1 Å². The zero-order valence-electron chi connectivity index (χ0n) is 5.95. The molecule has 1 aliphatic heterocycles. The number of halogens is 1. The molecule has 1 amide bonds. The molecule has 1 N–H and O–H groups in total. The Morgan fingerprint density at radius 2 is 1.82 bits per heavy atom. The van der Waals surface area contributed by atoms with E-state index in [1.807, 2.05) is 0 Å². The molecule has 0 aromatic heterocycles. The van der Waals surface area contributed by atoms with Gasteiger partial charge >= 0.3 is 6.09 Å². The minimum atomic E-state index is -0.924. The normalized spacial score (nSPS) is 17.5. The van der Waals surface area contributed by atoms with Crippen LogP contribution in [0, 0.1) is 0 Å². The van der Waals surface area contributed by atoms with E-state index in [9.17, 15) is 9.59 Å². The average molecular weight is 180 g/mol. The molecule has 0 aliphatic carbocycles. The summed E-state index contributed by atoms with van der Waals surface area (Å²) in [5.74, 6) is 0.164. The lowest BCUT2D eigenvalue weighted by atomic mass is 10.1. The zero-order chi connectivity index (χ0) is 7.56. The van der Waals surface area contributed by atoms with Gasteiger partial charge in [0.05, 0.1) is 0 Å². The van der Waals surface area contributed by atoms with Gasteiger partial charge in [-0.15, -0.1) is 12.4 Å². The van der Waals surface area contributed by atoms with E-state index in [0.717, 1.165) is 0 Å². The summed E-state index contributed by atoms with van der Waals surface area (Å²) in [4.78, 5) is 22.2. The lowest BCUT2D eigenvalue weighted by molar-refractivity contribution is -0.121. The molecule has 1 heterocycles. The third-order valence-corrected chi connectivity index (χ3v) is 1.59. The maximum absolute atomic E-state index is 10.6. The second kappa shape index (κ2) is 4.18. The molecule has 1 saturated heterocycles. The highest BCUT2D eigenvalue weighted by atomic mass is 35.5. The summed E-state index contributed by atoms with van der Waals surface area (Å²) in [7, 11) is 0. The monoisotopic (exact) mass is 179 g/mol. The minimum Gasteiger partial charge on any atom is -0.465 e. The lowest BCUT2D eigenvalue weighted by Gasteiger charge is -2.22. The molecule has 1 fully saturated rings. The number of Topliss-reactive ketones (excluding diaryl/α,β-unsaturated/α-hetero) is 1. The molecule has 0 bridgehead atoms. The zero-order valence-corrected chi connectivity index (χ0v) is 6.76. The largest absolute Gasteiger partial charge is 0.465 e. The molecule has 0 atom stereocenters. The fourth-order valence-electron chi connectivity index (χ4n) is 0.947. The van der Waals surface area contributed by atoms with Gasteiger partial charge in [-0.25, -0.2) is 4.79 Å². The summed E-state index contributed by atoms with van der Waals surface area (Å²) in [5.41, 5.74) is 0. The van der Waals surface area contributed by atoms with Crippen molar-refractivity contribution in [3.05, 3.63) is 0 Å². The number of hydrogen-bond acceptors (Lipinski definition) is 2. The van der Waals surface area contributed by atoms with Gasteiger partial charge in [-0.3, -0.25) is 4.79 Å². The molecular weight excluding hydrogens is 170 g/mol. The maximum atomic E-state index is 10.6. The first-order valence-electron chi connectivity index (χ1n) is 3.20. The topological polar surface area (TPSA) is 57.6 Å². The highest BCUT2D eigenvalue weighted by Crippen LogP contribution is 2.04. The Morgan fingerprint density at radius 3 is 2.18 bits per heavy atom.